The first-order valence-corrected chi connectivity index (χ1v) is 27.2. The van der Waals surface area contributed by atoms with Crippen LogP contribution in [0.25, 0.3) is 0 Å². The summed E-state index contributed by atoms with van der Waals surface area (Å²) in [5.41, 5.74) is 0. The summed E-state index contributed by atoms with van der Waals surface area (Å²) in [5, 5.41) is 23.1. The fraction of sp³-hybridized carbons (Fsp3) is 0.656. The van der Waals surface area contributed by atoms with E-state index in [-0.39, 0.29) is 12.5 Å². The Labute approximate surface area is 403 Å². The third kappa shape index (κ3) is 51.6. The van der Waals surface area contributed by atoms with Gasteiger partial charge in [-0.25, -0.2) is 0 Å². The number of nitrogens with one attached hydrogen (secondary N) is 1. The molecule has 0 saturated heterocycles. The third-order valence-corrected chi connectivity index (χ3v) is 11.7. The first-order valence-electron chi connectivity index (χ1n) is 27.2. The molecule has 4 nitrogen and oxygen atoms in total. The Hall–Kier alpha value is -3.21. The van der Waals surface area contributed by atoms with Crippen LogP contribution in [0, 0.1) is 0 Å². The lowest BCUT2D eigenvalue weighted by molar-refractivity contribution is -0.123. The van der Waals surface area contributed by atoms with Crippen LogP contribution >= 0.6 is 0 Å². The van der Waals surface area contributed by atoms with E-state index in [2.05, 4.69) is 129 Å². The van der Waals surface area contributed by atoms with E-state index >= 15 is 0 Å². The molecular weight excluding hydrogens is 795 g/mol. The lowest BCUT2D eigenvalue weighted by Crippen LogP contribution is -2.45. The summed E-state index contributed by atoms with van der Waals surface area (Å²) in [6, 6.07) is -0.658. The van der Waals surface area contributed by atoms with Crippen molar-refractivity contribution in [3.8, 4) is 0 Å². The highest BCUT2D eigenvalue weighted by molar-refractivity contribution is 5.76. The monoisotopic (exact) mass is 898 g/mol. The Morgan fingerprint density at radius 1 is 0.385 bits per heavy atom. The Balaban J connectivity index is 3.66. The fourth-order valence-electron chi connectivity index (χ4n) is 7.54. The van der Waals surface area contributed by atoms with Gasteiger partial charge >= 0.3 is 0 Å². The van der Waals surface area contributed by atoms with E-state index in [9.17, 15) is 15.0 Å². The van der Waals surface area contributed by atoms with Crippen LogP contribution in [0.15, 0.2) is 122 Å². The largest absolute Gasteiger partial charge is 0.394 e. The van der Waals surface area contributed by atoms with Crippen LogP contribution in [0.3, 0.4) is 0 Å². The van der Waals surface area contributed by atoms with Gasteiger partial charge in [0.1, 0.15) is 0 Å². The number of hydrogen-bond acceptors (Lipinski definition) is 3. The molecule has 0 aliphatic carbocycles. The molecule has 0 fully saturated rings. The van der Waals surface area contributed by atoms with Crippen molar-refractivity contribution >= 4 is 5.91 Å². The number of amides is 1. The molecule has 0 rings (SSSR count). The molecule has 0 aliphatic heterocycles. The van der Waals surface area contributed by atoms with Gasteiger partial charge < -0.3 is 15.5 Å². The molecule has 0 bridgehead atoms. The van der Waals surface area contributed by atoms with Crippen molar-refractivity contribution in [2.75, 3.05) is 6.61 Å². The average Bonchev–Trinajstić information content (AvgIpc) is 3.31. The molecule has 1 amide bonds. The van der Waals surface area contributed by atoms with Crippen molar-refractivity contribution < 1.29 is 15.0 Å². The summed E-state index contributed by atoms with van der Waals surface area (Å²) < 4.78 is 0. The van der Waals surface area contributed by atoms with Gasteiger partial charge in [0.05, 0.1) is 18.8 Å². The predicted molar refractivity (Wildman–Crippen MR) is 289 cm³/mol. The first-order chi connectivity index (χ1) is 32.2. The van der Waals surface area contributed by atoms with Crippen LogP contribution in [-0.4, -0.2) is 34.9 Å². The molecule has 0 aromatic carbocycles. The quantitative estimate of drug-likeness (QED) is 0.0421. The minimum Gasteiger partial charge on any atom is -0.394 e. The van der Waals surface area contributed by atoms with Crippen LogP contribution in [0.5, 0.6) is 0 Å². The van der Waals surface area contributed by atoms with Gasteiger partial charge in [0.25, 0.3) is 0 Å². The SMILES string of the molecule is CC/C=C\C/C=C\C/C=C\C/C=C\C/C=C\C/C=C\C/C=C\CCCCCCCCCCCC(=O)NC(CO)C(O)/C=C/CC/C=C/CC/C=C/CCCCCCCCCCCCCC. The lowest BCUT2D eigenvalue weighted by atomic mass is 10.0. The summed E-state index contributed by atoms with van der Waals surface area (Å²) in [5.74, 6) is -0.0889. The minimum atomic E-state index is -0.882. The summed E-state index contributed by atoms with van der Waals surface area (Å²) in [7, 11) is 0. The molecule has 370 valence electrons. The van der Waals surface area contributed by atoms with E-state index in [4.69, 9.17) is 0 Å². The zero-order chi connectivity index (χ0) is 47.0. The molecule has 4 heteroatoms. The second-order valence-corrected chi connectivity index (χ2v) is 17.9. The van der Waals surface area contributed by atoms with Crippen LogP contribution in [-0.2, 0) is 4.79 Å². The molecule has 0 aromatic rings. The van der Waals surface area contributed by atoms with Gasteiger partial charge in [0, 0.05) is 6.42 Å². The van der Waals surface area contributed by atoms with Crippen molar-refractivity contribution in [3.05, 3.63) is 122 Å². The van der Waals surface area contributed by atoms with Gasteiger partial charge in [0.15, 0.2) is 0 Å². The van der Waals surface area contributed by atoms with Gasteiger partial charge in [-0.3, -0.25) is 4.79 Å². The van der Waals surface area contributed by atoms with E-state index in [0.29, 0.717) is 6.42 Å². The van der Waals surface area contributed by atoms with E-state index < -0.39 is 12.1 Å². The fourth-order valence-corrected chi connectivity index (χ4v) is 7.54. The van der Waals surface area contributed by atoms with Crippen LogP contribution < -0.4 is 5.32 Å². The topological polar surface area (TPSA) is 69.6 Å². The zero-order valence-electron chi connectivity index (χ0n) is 42.5. The maximum Gasteiger partial charge on any atom is 0.220 e. The lowest BCUT2D eigenvalue weighted by Gasteiger charge is -2.19. The van der Waals surface area contributed by atoms with Crippen molar-refractivity contribution in [3.63, 3.8) is 0 Å². The summed E-state index contributed by atoms with van der Waals surface area (Å²) >= 11 is 0. The van der Waals surface area contributed by atoms with Gasteiger partial charge in [-0.15, -0.1) is 0 Å². The van der Waals surface area contributed by atoms with Crippen molar-refractivity contribution in [2.24, 2.45) is 0 Å². The Morgan fingerprint density at radius 3 is 1.08 bits per heavy atom. The minimum absolute atomic E-state index is 0.0889. The number of hydrogen-bond donors (Lipinski definition) is 3. The number of allylic oxidation sites excluding steroid dienone is 19. The number of carbonyl (C=O) groups is 1. The number of rotatable bonds is 48. The highest BCUT2D eigenvalue weighted by Crippen LogP contribution is 2.14. The molecule has 2 unspecified atom stereocenters. The van der Waals surface area contributed by atoms with Gasteiger partial charge in [-0.05, 0) is 103 Å². The van der Waals surface area contributed by atoms with Gasteiger partial charge in [0.2, 0.25) is 5.91 Å². The van der Waals surface area contributed by atoms with E-state index in [1.54, 1.807) is 6.08 Å². The number of aliphatic hydroxyl groups is 2. The van der Waals surface area contributed by atoms with Crippen molar-refractivity contribution in [1.29, 1.82) is 0 Å². The molecule has 3 N–H and O–H groups in total. The van der Waals surface area contributed by atoms with Gasteiger partial charge in [-0.1, -0.05) is 251 Å². The maximum absolute atomic E-state index is 12.5. The molecular formula is C61H103NO3. The molecule has 0 spiro atoms. The molecule has 65 heavy (non-hydrogen) atoms. The van der Waals surface area contributed by atoms with Crippen LogP contribution in [0.2, 0.25) is 0 Å². The highest BCUT2D eigenvalue weighted by atomic mass is 16.3. The van der Waals surface area contributed by atoms with Gasteiger partial charge in [-0.2, -0.15) is 0 Å². The summed E-state index contributed by atoms with van der Waals surface area (Å²) in [6.45, 7) is 4.18. The Kier molecular flexibility index (Phi) is 52.4. The highest BCUT2D eigenvalue weighted by Gasteiger charge is 2.17. The zero-order valence-corrected chi connectivity index (χ0v) is 42.5. The van der Waals surface area contributed by atoms with E-state index in [1.165, 1.54) is 128 Å². The second-order valence-electron chi connectivity index (χ2n) is 17.9. The van der Waals surface area contributed by atoms with Crippen molar-refractivity contribution in [2.45, 2.75) is 251 Å². The molecule has 0 radical (unpaired) electrons. The Bertz CT molecular complexity index is 1290. The van der Waals surface area contributed by atoms with E-state index in [0.717, 1.165) is 89.9 Å². The smallest absolute Gasteiger partial charge is 0.220 e. The number of carbonyl (C=O) groups excluding carboxylic acids is 1. The van der Waals surface area contributed by atoms with Crippen LogP contribution in [0.4, 0.5) is 0 Å². The average molecular weight is 898 g/mol. The summed E-state index contributed by atoms with van der Waals surface area (Å²) in [6.07, 6.45) is 84.8. The predicted octanol–water partition coefficient (Wildman–Crippen LogP) is 18.1. The number of aliphatic hydroxyl groups excluding tert-OH is 2. The Morgan fingerprint density at radius 2 is 0.692 bits per heavy atom. The molecule has 0 saturated carbocycles. The normalized spacial score (nSPS) is 13.8. The molecule has 0 heterocycles. The summed E-state index contributed by atoms with van der Waals surface area (Å²) in [4.78, 5) is 12.5. The second kappa shape index (κ2) is 55.1. The van der Waals surface area contributed by atoms with Crippen molar-refractivity contribution in [1.82, 2.24) is 5.32 Å². The third-order valence-electron chi connectivity index (χ3n) is 11.7. The standard InChI is InChI=1S/C61H103NO3/c1-3-5-7-9-11-13-15-17-19-21-23-25-27-28-29-30-31-32-33-34-35-37-39-41-43-45-47-49-51-53-55-57-61(65)62-59(58-63)60(64)56-54-52-50-48-46-44-42-40-38-36-26-24-22-20-18-16-14-12-10-8-6-4-2/h5,7,11,13,17,19,23,25,28-29,31-32,34-35,38,40,46,48,54,56,59-60,63-64H,3-4,6,8-10,12,14-16,18,20-22,24,26-27,30,33,36-37,39,41-45,47,49-53,55,57-58H2,1-2H3,(H,62,65)/b7-5-,13-11-,19-17-,25-23-,29-28-,32-31-,35-34-,40-38+,48-46+,56-54+. The molecule has 0 aliphatic rings. The maximum atomic E-state index is 12.5. The number of unbranched alkanes of at least 4 members (excludes halogenated alkanes) is 23. The molecule has 0 aromatic heterocycles. The molecule has 2 atom stereocenters. The van der Waals surface area contributed by atoms with E-state index in [1.807, 2.05) is 6.08 Å². The first kappa shape index (κ1) is 61.8. The van der Waals surface area contributed by atoms with Crippen LogP contribution in [0.1, 0.15) is 239 Å².